The summed E-state index contributed by atoms with van der Waals surface area (Å²) in [4.78, 5) is 33.5. The van der Waals surface area contributed by atoms with Crippen molar-refractivity contribution in [1.29, 1.82) is 0 Å². The van der Waals surface area contributed by atoms with Crippen LogP contribution in [-0.4, -0.2) is 28.5 Å². The maximum Gasteiger partial charge on any atom is 0.230 e. The predicted molar refractivity (Wildman–Crippen MR) is 119 cm³/mol. The van der Waals surface area contributed by atoms with E-state index < -0.39 is 0 Å². The largest absolute Gasteiger partial charge is 0.339 e. The first-order valence-electron chi connectivity index (χ1n) is 10.6. The van der Waals surface area contributed by atoms with Crippen LogP contribution >= 0.6 is 11.3 Å². The molecule has 1 aromatic carbocycles. The lowest BCUT2D eigenvalue weighted by Crippen LogP contribution is -2.28. The standard InChI is InChI=1S/C23H24N4O3S/c1-13-6-8-17(9-7-13)27-12-16(10-20(27)28)22(29)24-18-11-19(31-14(18)2)21-25-23(30-26-21)15-4-3-5-15/h6-9,11,15-16H,3-5,10,12H2,1-2H3,(H,24,29)/t16-/m1/s1. The summed E-state index contributed by atoms with van der Waals surface area (Å²) in [5.74, 6) is 1.11. The highest BCUT2D eigenvalue weighted by molar-refractivity contribution is 7.16. The molecule has 7 nitrogen and oxygen atoms in total. The highest BCUT2D eigenvalue weighted by Crippen LogP contribution is 2.38. The number of carbonyl (C=O) groups excluding carboxylic acids is 2. The zero-order valence-corrected chi connectivity index (χ0v) is 18.4. The zero-order valence-electron chi connectivity index (χ0n) is 17.6. The summed E-state index contributed by atoms with van der Waals surface area (Å²) in [7, 11) is 0. The van der Waals surface area contributed by atoms with Crippen LogP contribution in [0, 0.1) is 19.8 Å². The van der Waals surface area contributed by atoms with Crippen molar-refractivity contribution in [2.75, 3.05) is 16.8 Å². The van der Waals surface area contributed by atoms with E-state index in [0.717, 1.165) is 39.5 Å². The van der Waals surface area contributed by atoms with Crippen molar-refractivity contribution in [3.8, 4) is 10.7 Å². The number of nitrogens with zero attached hydrogens (tertiary/aromatic N) is 3. The lowest BCUT2D eigenvalue weighted by atomic mass is 9.85. The van der Waals surface area contributed by atoms with Crippen LogP contribution in [0.4, 0.5) is 11.4 Å². The maximum absolute atomic E-state index is 12.9. The third-order valence-electron chi connectivity index (χ3n) is 6.13. The molecule has 1 aliphatic heterocycles. The summed E-state index contributed by atoms with van der Waals surface area (Å²) < 4.78 is 5.42. The molecule has 1 N–H and O–H groups in total. The molecule has 1 atom stereocenters. The summed E-state index contributed by atoms with van der Waals surface area (Å²) in [5, 5.41) is 7.12. The van der Waals surface area contributed by atoms with Gasteiger partial charge in [0.1, 0.15) is 0 Å². The Morgan fingerprint density at radius 2 is 2.00 bits per heavy atom. The second-order valence-corrected chi connectivity index (χ2v) is 9.65. The van der Waals surface area contributed by atoms with Gasteiger partial charge in [-0.15, -0.1) is 11.3 Å². The first kappa shape index (κ1) is 19.9. The minimum Gasteiger partial charge on any atom is -0.339 e. The van der Waals surface area contributed by atoms with Gasteiger partial charge in [0, 0.05) is 29.4 Å². The van der Waals surface area contributed by atoms with Crippen LogP contribution in [0.25, 0.3) is 10.7 Å². The van der Waals surface area contributed by atoms with Gasteiger partial charge in [-0.05, 0) is 44.9 Å². The number of nitrogens with one attached hydrogen (secondary N) is 1. The molecule has 2 fully saturated rings. The van der Waals surface area contributed by atoms with Crippen LogP contribution < -0.4 is 10.2 Å². The summed E-state index contributed by atoms with van der Waals surface area (Å²) in [6, 6.07) is 9.68. The molecule has 160 valence electrons. The number of rotatable bonds is 5. The number of aromatic nitrogens is 2. The zero-order chi connectivity index (χ0) is 21.5. The highest BCUT2D eigenvalue weighted by atomic mass is 32.1. The van der Waals surface area contributed by atoms with E-state index in [-0.39, 0.29) is 24.2 Å². The molecule has 2 aliphatic rings. The maximum atomic E-state index is 12.9. The SMILES string of the molecule is Cc1ccc(N2C[C@H](C(=O)Nc3cc(-c4noc(C5CCC5)n4)sc3C)CC2=O)cc1. The summed E-state index contributed by atoms with van der Waals surface area (Å²) >= 11 is 1.52. The molecular weight excluding hydrogens is 412 g/mol. The Hall–Kier alpha value is -3.00. The minimum absolute atomic E-state index is 0.0259. The number of hydrogen-bond donors (Lipinski definition) is 1. The van der Waals surface area contributed by atoms with Crippen molar-refractivity contribution in [2.24, 2.45) is 5.92 Å². The second kappa shape index (κ2) is 7.92. The molecule has 8 heteroatoms. The third-order valence-corrected chi connectivity index (χ3v) is 7.18. The Bertz CT molecular complexity index is 1130. The smallest absolute Gasteiger partial charge is 0.230 e. The van der Waals surface area contributed by atoms with Gasteiger partial charge in [-0.2, -0.15) is 4.98 Å². The number of amides is 2. The number of anilines is 2. The van der Waals surface area contributed by atoms with Gasteiger partial charge >= 0.3 is 0 Å². The van der Waals surface area contributed by atoms with E-state index in [0.29, 0.717) is 24.2 Å². The van der Waals surface area contributed by atoms with Crippen molar-refractivity contribution in [1.82, 2.24) is 10.1 Å². The third kappa shape index (κ3) is 3.87. The van der Waals surface area contributed by atoms with Gasteiger partial charge in [0.15, 0.2) is 0 Å². The van der Waals surface area contributed by atoms with E-state index in [4.69, 9.17) is 4.52 Å². The van der Waals surface area contributed by atoms with Crippen molar-refractivity contribution in [2.45, 2.75) is 45.4 Å². The lowest BCUT2D eigenvalue weighted by Gasteiger charge is -2.20. The first-order chi connectivity index (χ1) is 15.0. The molecule has 3 aromatic rings. The minimum atomic E-state index is -0.382. The van der Waals surface area contributed by atoms with E-state index in [1.807, 2.05) is 44.2 Å². The molecule has 1 saturated carbocycles. The molecule has 0 spiro atoms. The fraction of sp³-hybridized carbons (Fsp3) is 0.391. The monoisotopic (exact) mass is 436 g/mol. The van der Waals surface area contributed by atoms with Crippen LogP contribution in [0.3, 0.4) is 0 Å². The Kier molecular flexibility index (Phi) is 5.09. The van der Waals surface area contributed by atoms with Gasteiger partial charge in [-0.1, -0.05) is 29.3 Å². The Morgan fingerprint density at radius 1 is 1.23 bits per heavy atom. The molecule has 0 radical (unpaired) electrons. The highest BCUT2D eigenvalue weighted by Gasteiger charge is 2.35. The normalized spacial score (nSPS) is 19.0. The van der Waals surface area contributed by atoms with Gasteiger partial charge < -0.3 is 14.7 Å². The van der Waals surface area contributed by atoms with Crippen LogP contribution in [0.15, 0.2) is 34.9 Å². The number of aryl methyl sites for hydroxylation is 2. The molecule has 2 amide bonds. The fourth-order valence-corrected chi connectivity index (χ4v) is 4.87. The summed E-state index contributed by atoms with van der Waals surface area (Å²) in [5.41, 5.74) is 2.70. The summed E-state index contributed by atoms with van der Waals surface area (Å²) in [6.07, 6.45) is 3.63. The van der Waals surface area contributed by atoms with E-state index in [1.165, 1.54) is 17.8 Å². The summed E-state index contributed by atoms with van der Waals surface area (Å²) in [6.45, 7) is 4.35. The number of benzene rings is 1. The van der Waals surface area contributed by atoms with Crippen molar-refractivity contribution < 1.29 is 14.1 Å². The van der Waals surface area contributed by atoms with Crippen molar-refractivity contribution in [3.63, 3.8) is 0 Å². The van der Waals surface area contributed by atoms with Gasteiger partial charge in [-0.25, -0.2) is 0 Å². The lowest BCUT2D eigenvalue weighted by molar-refractivity contribution is -0.122. The number of hydrogen-bond acceptors (Lipinski definition) is 6. The van der Waals surface area contributed by atoms with Gasteiger partial charge in [-0.3, -0.25) is 9.59 Å². The van der Waals surface area contributed by atoms with Gasteiger partial charge in [0.2, 0.25) is 23.5 Å². The van der Waals surface area contributed by atoms with Crippen LogP contribution in [0.5, 0.6) is 0 Å². The van der Waals surface area contributed by atoms with Crippen LogP contribution in [0.1, 0.15) is 47.9 Å². The average Bonchev–Trinajstić information content (AvgIpc) is 3.41. The molecule has 0 bridgehead atoms. The number of thiophene rings is 1. The van der Waals surface area contributed by atoms with Crippen molar-refractivity contribution in [3.05, 3.63) is 46.7 Å². The van der Waals surface area contributed by atoms with E-state index >= 15 is 0 Å². The average molecular weight is 437 g/mol. The Morgan fingerprint density at radius 3 is 2.71 bits per heavy atom. The van der Waals surface area contributed by atoms with Crippen LogP contribution in [0.2, 0.25) is 0 Å². The molecule has 2 aromatic heterocycles. The molecule has 31 heavy (non-hydrogen) atoms. The quantitative estimate of drug-likeness (QED) is 0.628. The molecular formula is C23H24N4O3S. The molecule has 1 saturated heterocycles. The number of carbonyl (C=O) groups is 2. The van der Waals surface area contributed by atoms with Crippen LogP contribution in [-0.2, 0) is 9.59 Å². The molecule has 3 heterocycles. The van der Waals surface area contributed by atoms with E-state index in [1.54, 1.807) is 4.90 Å². The predicted octanol–water partition coefficient (Wildman–Crippen LogP) is 4.67. The molecule has 5 rings (SSSR count). The van der Waals surface area contributed by atoms with E-state index in [2.05, 4.69) is 15.5 Å². The Balaban J connectivity index is 1.27. The van der Waals surface area contributed by atoms with Gasteiger partial charge in [0.25, 0.3) is 0 Å². The van der Waals surface area contributed by atoms with E-state index in [9.17, 15) is 9.59 Å². The fourth-order valence-electron chi connectivity index (χ4n) is 3.96. The second-order valence-electron chi connectivity index (χ2n) is 8.39. The topological polar surface area (TPSA) is 88.3 Å². The van der Waals surface area contributed by atoms with Crippen molar-refractivity contribution >= 4 is 34.5 Å². The molecule has 0 unspecified atom stereocenters. The molecule has 1 aliphatic carbocycles. The van der Waals surface area contributed by atoms with Gasteiger partial charge in [0.05, 0.1) is 16.5 Å². The first-order valence-corrected chi connectivity index (χ1v) is 11.4. The Labute approximate surface area is 184 Å².